The van der Waals surface area contributed by atoms with Gasteiger partial charge in [-0.05, 0) is 23.5 Å². The first-order valence-electron chi connectivity index (χ1n) is 6.06. The number of fused-ring (bicyclic) bond motifs is 1. The van der Waals surface area contributed by atoms with Gasteiger partial charge in [0.15, 0.2) is 0 Å². The number of hydrogen-bond donors (Lipinski definition) is 1. The molecule has 0 spiro atoms. The molecule has 0 radical (unpaired) electrons. The summed E-state index contributed by atoms with van der Waals surface area (Å²) in [7, 11) is 0. The van der Waals surface area contributed by atoms with Gasteiger partial charge < -0.3 is 9.84 Å². The first kappa shape index (κ1) is 11.6. The van der Waals surface area contributed by atoms with Crippen LogP contribution in [0, 0.1) is 5.92 Å². The average Bonchev–Trinajstić information content (AvgIpc) is 2.56. The van der Waals surface area contributed by atoms with Crippen molar-refractivity contribution in [2.45, 2.75) is 38.9 Å². The van der Waals surface area contributed by atoms with Crippen molar-refractivity contribution < 1.29 is 9.84 Å². The third-order valence-electron chi connectivity index (χ3n) is 3.17. The molecule has 0 aromatic heterocycles. The minimum absolute atomic E-state index is 0.0452. The summed E-state index contributed by atoms with van der Waals surface area (Å²) in [6.07, 6.45) is 1.41. The van der Waals surface area contributed by atoms with Crippen LogP contribution in [0.1, 0.15) is 37.5 Å². The van der Waals surface area contributed by atoms with E-state index in [0.717, 1.165) is 25.0 Å². The van der Waals surface area contributed by atoms with Gasteiger partial charge in [-0.1, -0.05) is 38.1 Å². The molecular weight excluding hydrogens is 200 g/mol. The van der Waals surface area contributed by atoms with Crippen LogP contribution in [0.3, 0.4) is 0 Å². The van der Waals surface area contributed by atoms with Crippen molar-refractivity contribution in [1.82, 2.24) is 0 Å². The summed E-state index contributed by atoms with van der Waals surface area (Å²) in [5, 5.41) is 10.1. The molecule has 0 fully saturated rings. The zero-order valence-electron chi connectivity index (χ0n) is 10.0. The van der Waals surface area contributed by atoms with E-state index in [2.05, 4.69) is 19.9 Å². The van der Waals surface area contributed by atoms with Crippen LogP contribution in [0.2, 0.25) is 0 Å². The van der Waals surface area contributed by atoms with Gasteiger partial charge in [0.2, 0.25) is 0 Å². The molecule has 1 aliphatic carbocycles. The summed E-state index contributed by atoms with van der Waals surface area (Å²) in [5.74, 6) is 0.654. The number of aliphatic hydroxyl groups excluding tert-OH is 1. The van der Waals surface area contributed by atoms with Gasteiger partial charge in [-0.3, -0.25) is 0 Å². The second-order valence-electron chi connectivity index (χ2n) is 4.94. The molecule has 0 amide bonds. The van der Waals surface area contributed by atoms with E-state index in [1.807, 2.05) is 18.2 Å². The molecule has 88 valence electrons. The molecule has 16 heavy (non-hydrogen) atoms. The Labute approximate surface area is 97.3 Å². The van der Waals surface area contributed by atoms with Gasteiger partial charge in [0, 0.05) is 13.0 Å². The topological polar surface area (TPSA) is 29.5 Å². The van der Waals surface area contributed by atoms with Gasteiger partial charge in [0.1, 0.15) is 6.10 Å². The summed E-state index contributed by atoms with van der Waals surface area (Å²) in [4.78, 5) is 0. The predicted octanol–water partition coefficient (Wildman–Crippen LogP) is 2.71. The van der Waals surface area contributed by atoms with E-state index in [-0.39, 0.29) is 6.10 Å². The van der Waals surface area contributed by atoms with Crippen LogP contribution in [0.25, 0.3) is 0 Å². The number of aliphatic hydroxyl groups is 1. The second-order valence-corrected chi connectivity index (χ2v) is 4.94. The van der Waals surface area contributed by atoms with Crippen LogP contribution in [0.15, 0.2) is 24.3 Å². The largest absolute Gasteiger partial charge is 0.386 e. The van der Waals surface area contributed by atoms with Gasteiger partial charge in [0.05, 0.1) is 6.10 Å². The Bertz CT molecular complexity index is 346. The molecule has 0 aliphatic heterocycles. The predicted molar refractivity (Wildman–Crippen MR) is 64.3 cm³/mol. The van der Waals surface area contributed by atoms with Gasteiger partial charge in [0.25, 0.3) is 0 Å². The standard InChI is InChI=1S/C14H20O2/c1-10(2)7-8-16-13-9-11-5-3-4-6-12(11)14(13)15/h3-6,10,13-15H,7-9H2,1-2H3. The molecule has 2 nitrogen and oxygen atoms in total. The van der Waals surface area contributed by atoms with Crippen molar-refractivity contribution in [3.8, 4) is 0 Å². The van der Waals surface area contributed by atoms with Crippen LogP contribution in [0.4, 0.5) is 0 Å². The van der Waals surface area contributed by atoms with E-state index < -0.39 is 6.10 Å². The lowest BCUT2D eigenvalue weighted by Gasteiger charge is -2.16. The van der Waals surface area contributed by atoms with Gasteiger partial charge >= 0.3 is 0 Å². The molecule has 1 N–H and O–H groups in total. The van der Waals surface area contributed by atoms with Crippen molar-refractivity contribution in [1.29, 1.82) is 0 Å². The number of benzene rings is 1. The lowest BCUT2D eigenvalue weighted by Crippen LogP contribution is -2.19. The van der Waals surface area contributed by atoms with E-state index in [0.29, 0.717) is 5.92 Å². The van der Waals surface area contributed by atoms with E-state index in [9.17, 15) is 5.11 Å². The maximum atomic E-state index is 10.1. The molecule has 2 heteroatoms. The zero-order valence-corrected chi connectivity index (χ0v) is 10.0. The average molecular weight is 220 g/mol. The molecular formula is C14H20O2. The maximum absolute atomic E-state index is 10.1. The molecule has 0 saturated heterocycles. The van der Waals surface area contributed by atoms with Crippen molar-refractivity contribution in [2.24, 2.45) is 5.92 Å². The highest BCUT2D eigenvalue weighted by atomic mass is 16.5. The lowest BCUT2D eigenvalue weighted by atomic mass is 10.1. The van der Waals surface area contributed by atoms with Crippen LogP contribution >= 0.6 is 0 Å². The van der Waals surface area contributed by atoms with Gasteiger partial charge in [-0.25, -0.2) is 0 Å². The molecule has 0 saturated carbocycles. The Balaban J connectivity index is 1.92. The first-order chi connectivity index (χ1) is 7.68. The summed E-state index contributed by atoms with van der Waals surface area (Å²) in [5.41, 5.74) is 2.27. The Hall–Kier alpha value is -0.860. The fourth-order valence-electron chi connectivity index (χ4n) is 2.14. The molecule has 2 unspecified atom stereocenters. The molecule has 0 heterocycles. The Kier molecular flexibility index (Phi) is 3.62. The zero-order chi connectivity index (χ0) is 11.5. The third kappa shape index (κ3) is 2.45. The van der Waals surface area contributed by atoms with Crippen LogP contribution < -0.4 is 0 Å². The molecule has 2 rings (SSSR count). The number of rotatable bonds is 4. The summed E-state index contributed by atoms with van der Waals surface area (Å²) in [6, 6.07) is 8.05. The fourth-order valence-corrected chi connectivity index (χ4v) is 2.14. The highest BCUT2D eigenvalue weighted by Crippen LogP contribution is 2.33. The summed E-state index contributed by atoms with van der Waals surface area (Å²) in [6.45, 7) is 5.11. The van der Waals surface area contributed by atoms with Crippen LogP contribution in [-0.2, 0) is 11.2 Å². The molecule has 0 bridgehead atoms. The lowest BCUT2D eigenvalue weighted by molar-refractivity contribution is -0.0309. The summed E-state index contributed by atoms with van der Waals surface area (Å²) >= 11 is 0. The smallest absolute Gasteiger partial charge is 0.106 e. The SMILES string of the molecule is CC(C)CCOC1Cc2ccccc2C1O. The first-order valence-corrected chi connectivity index (χ1v) is 6.06. The fraction of sp³-hybridized carbons (Fsp3) is 0.571. The molecule has 1 aromatic rings. The Morgan fingerprint density at radius 3 is 2.81 bits per heavy atom. The Morgan fingerprint density at radius 2 is 2.12 bits per heavy atom. The van der Waals surface area contributed by atoms with Gasteiger partial charge in [-0.2, -0.15) is 0 Å². The monoisotopic (exact) mass is 220 g/mol. The Morgan fingerprint density at radius 1 is 1.38 bits per heavy atom. The van der Waals surface area contributed by atoms with Crippen molar-refractivity contribution >= 4 is 0 Å². The quantitative estimate of drug-likeness (QED) is 0.845. The minimum Gasteiger partial charge on any atom is -0.386 e. The molecule has 2 atom stereocenters. The van der Waals surface area contributed by atoms with Crippen molar-refractivity contribution in [3.05, 3.63) is 35.4 Å². The minimum atomic E-state index is -0.441. The van der Waals surface area contributed by atoms with E-state index >= 15 is 0 Å². The van der Waals surface area contributed by atoms with E-state index in [1.165, 1.54) is 5.56 Å². The second kappa shape index (κ2) is 4.98. The molecule has 1 aliphatic rings. The highest BCUT2D eigenvalue weighted by Gasteiger charge is 2.30. The number of hydrogen-bond acceptors (Lipinski definition) is 2. The van der Waals surface area contributed by atoms with Crippen LogP contribution in [0.5, 0.6) is 0 Å². The van der Waals surface area contributed by atoms with E-state index in [1.54, 1.807) is 0 Å². The van der Waals surface area contributed by atoms with Gasteiger partial charge in [-0.15, -0.1) is 0 Å². The van der Waals surface area contributed by atoms with Crippen LogP contribution in [-0.4, -0.2) is 17.8 Å². The number of ether oxygens (including phenoxy) is 1. The normalized spacial score (nSPS) is 23.8. The van der Waals surface area contributed by atoms with E-state index in [4.69, 9.17) is 4.74 Å². The highest BCUT2D eigenvalue weighted by molar-refractivity contribution is 5.35. The molecule has 1 aromatic carbocycles. The summed E-state index contributed by atoms with van der Waals surface area (Å²) < 4.78 is 5.76. The third-order valence-corrected chi connectivity index (χ3v) is 3.17. The van der Waals surface area contributed by atoms with Crippen molar-refractivity contribution in [2.75, 3.05) is 6.61 Å². The van der Waals surface area contributed by atoms with Crippen molar-refractivity contribution in [3.63, 3.8) is 0 Å². The maximum Gasteiger partial charge on any atom is 0.106 e.